The van der Waals surface area contributed by atoms with Crippen molar-refractivity contribution in [1.29, 1.82) is 0 Å². The molecule has 0 fully saturated rings. The first kappa shape index (κ1) is 13.0. The van der Waals surface area contributed by atoms with Crippen LogP contribution in [0.1, 0.15) is 11.1 Å². The highest BCUT2D eigenvalue weighted by Crippen LogP contribution is 2.04. The van der Waals surface area contributed by atoms with Gasteiger partial charge < -0.3 is 5.32 Å². The van der Waals surface area contributed by atoms with Gasteiger partial charge in [0.05, 0.1) is 6.54 Å². The van der Waals surface area contributed by atoms with Gasteiger partial charge in [0.2, 0.25) is 0 Å². The molecular formula is C16H17N3. The summed E-state index contributed by atoms with van der Waals surface area (Å²) in [5.74, 6) is 0.844. The van der Waals surface area contributed by atoms with Crippen LogP contribution in [0.2, 0.25) is 0 Å². The van der Waals surface area contributed by atoms with Crippen LogP contribution in [0.15, 0.2) is 70.6 Å². The molecule has 0 aliphatic rings. The van der Waals surface area contributed by atoms with Crippen molar-refractivity contribution in [2.45, 2.75) is 6.54 Å². The molecule has 0 aliphatic heterocycles. The summed E-state index contributed by atoms with van der Waals surface area (Å²) >= 11 is 0. The van der Waals surface area contributed by atoms with E-state index in [4.69, 9.17) is 0 Å². The third-order valence-corrected chi connectivity index (χ3v) is 2.67. The van der Waals surface area contributed by atoms with Crippen molar-refractivity contribution in [2.75, 3.05) is 6.67 Å². The second-order valence-electron chi connectivity index (χ2n) is 4.07. The molecule has 2 aromatic rings. The largest absolute Gasteiger partial charge is 0.351 e. The van der Waals surface area contributed by atoms with Crippen LogP contribution in [0.4, 0.5) is 0 Å². The van der Waals surface area contributed by atoms with Crippen molar-refractivity contribution in [1.82, 2.24) is 5.32 Å². The molecular weight excluding hydrogens is 234 g/mol. The lowest BCUT2D eigenvalue weighted by Gasteiger charge is -2.08. The Hall–Kier alpha value is -2.42. The van der Waals surface area contributed by atoms with E-state index in [1.54, 1.807) is 0 Å². The zero-order chi connectivity index (χ0) is 13.3. The number of aliphatic imine (C=N–C) groups is 2. The molecule has 0 saturated heterocycles. The minimum absolute atomic E-state index is 0.461. The van der Waals surface area contributed by atoms with Crippen molar-refractivity contribution >= 4 is 12.6 Å². The van der Waals surface area contributed by atoms with Gasteiger partial charge in [-0.25, -0.2) is 0 Å². The van der Waals surface area contributed by atoms with E-state index in [2.05, 4.69) is 34.2 Å². The molecule has 0 unspecified atom stereocenters. The van der Waals surface area contributed by atoms with Gasteiger partial charge in [0.15, 0.2) is 0 Å². The lowest BCUT2D eigenvalue weighted by atomic mass is 10.2. The van der Waals surface area contributed by atoms with Gasteiger partial charge in [0.1, 0.15) is 12.5 Å². The average molecular weight is 251 g/mol. The molecule has 0 heterocycles. The number of hydrogen-bond acceptors (Lipinski definition) is 2. The molecule has 0 spiro atoms. The molecule has 0 bridgehead atoms. The van der Waals surface area contributed by atoms with Crippen molar-refractivity contribution < 1.29 is 0 Å². The Kier molecular flexibility index (Phi) is 4.87. The zero-order valence-corrected chi connectivity index (χ0v) is 10.8. The lowest BCUT2D eigenvalue weighted by molar-refractivity contribution is 0.914. The monoisotopic (exact) mass is 251 g/mol. The standard InChI is InChI=1S/C16H17N3/c1-17-13-19-16(15-10-6-3-7-11-15)18-12-14-8-4-2-5-9-14/h2-11H,1,12-13H2,(H,18,19). The summed E-state index contributed by atoms with van der Waals surface area (Å²) in [6.45, 7) is 4.59. The van der Waals surface area contributed by atoms with E-state index in [0.29, 0.717) is 13.2 Å². The van der Waals surface area contributed by atoms with Crippen LogP contribution >= 0.6 is 0 Å². The molecule has 3 nitrogen and oxygen atoms in total. The second kappa shape index (κ2) is 7.11. The molecule has 1 N–H and O–H groups in total. The summed E-state index contributed by atoms with van der Waals surface area (Å²) in [5.41, 5.74) is 2.24. The third kappa shape index (κ3) is 4.07. The Morgan fingerprint density at radius 2 is 1.58 bits per heavy atom. The van der Waals surface area contributed by atoms with Crippen LogP contribution in [0.5, 0.6) is 0 Å². The van der Waals surface area contributed by atoms with Gasteiger partial charge in [-0.15, -0.1) is 0 Å². The van der Waals surface area contributed by atoms with Gasteiger partial charge >= 0.3 is 0 Å². The molecule has 2 aromatic carbocycles. The number of nitrogens with zero attached hydrogens (tertiary/aromatic N) is 2. The molecule has 96 valence electrons. The predicted octanol–water partition coefficient (Wildman–Crippen LogP) is 2.88. The van der Waals surface area contributed by atoms with E-state index in [0.717, 1.165) is 11.4 Å². The topological polar surface area (TPSA) is 36.8 Å². The maximum absolute atomic E-state index is 4.62. The van der Waals surface area contributed by atoms with Crippen molar-refractivity contribution in [3.05, 3.63) is 71.8 Å². The Bertz CT molecular complexity index is 532. The maximum Gasteiger partial charge on any atom is 0.130 e. The molecule has 3 heteroatoms. The summed E-state index contributed by atoms with van der Waals surface area (Å²) in [4.78, 5) is 8.43. The average Bonchev–Trinajstić information content (AvgIpc) is 2.49. The van der Waals surface area contributed by atoms with Crippen LogP contribution in [0, 0.1) is 0 Å². The normalized spacial score (nSPS) is 11.1. The van der Waals surface area contributed by atoms with Gasteiger partial charge in [-0.2, -0.15) is 0 Å². The number of hydrogen-bond donors (Lipinski definition) is 1. The molecule has 0 aromatic heterocycles. The van der Waals surface area contributed by atoms with Crippen LogP contribution in [0.3, 0.4) is 0 Å². The summed E-state index contributed by atoms with van der Waals surface area (Å²) in [5, 5.41) is 3.18. The van der Waals surface area contributed by atoms with Crippen LogP contribution in [0.25, 0.3) is 0 Å². The Labute approximate surface area is 113 Å². The number of amidine groups is 1. The van der Waals surface area contributed by atoms with E-state index < -0.39 is 0 Å². The fourth-order valence-corrected chi connectivity index (χ4v) is 1.73. The summed E-state index contributed by atoms with van der Waals surface area (Å²) in [7, 11) is 0. The molecule has 19 heavy (non-hydrogen) atoms. The smallest absolute Gasteiger partial charge is 0.130 e. The van der Waals surface area contributed by atoms with Gasteiger partial charge in [-0.1, -0.05) is 60.7 Å². The SMILES string of the molecule is C=NCNC(=NCc1ccccc1)c1ccccc1. The molecule has 0 amide bonds. The Morgan fingerprint density at radius 1 is 0.947 bits per heavy atom. The Morgan fingerprint density at radius 3 is 2.21 bits per heavy atom. The van der Waals surface area contributed by atoms with E-state index in [1.807, 2.05) is 48.5 Å². The quantitative estimate of drug-likeness (QED) is 0.644. The first-order valence-corrected chi connectivity index (χ1v) is 6.20. The fourth-order valence-electron chi connectivity index (χ4n) is 1.73. The Balaban J connectivity index is 2.15. The number of benzene rings is 2. The second-order valence-corrected chi connectivity index (χ2v) is 4.07. The molecule has 0 radical (unpaired) electrons. The number of nitrogens with one attached hydrogen (secondary N) is 1. The van der Waals surface area contributed by atoms with Crippen LogP contribution < -0.4 is 5.32 Å². The number of rotatable bonds is 5. The molecule has 0 atom stereocenters. The van der Waals surface area contributed by atoms with E-state index in [1.165, 1.54) is 5.56 Å². The van der Waals surface area contributed by atoms with E-state index in [9.17, 15) is 0 Å². The van der Waals surface area contributed by atoms with Crippen molar-refractivity contribution in [3.8, 4) is 0 Å². The van der Waals surface area contributed by atoms with E-state index >= 15 is 0 Å². The first-order valence-electron chi connectivity index (χ1n) is 6.20. The molecule has 0 saturated carbocycles. The summed E-state index contributed by atoms with van der Waals surface area (Å²) in [6, 6.07) is 20.2. The minimum Gasteiger partial charge on any atom is -0.351 e. The van der Waals surface area contributed by atoms with E-state index in [-0.39, 0.29) is 0 Å². The van der Waals surface area contributed by atoms with Crippen molar-refractivity contribution in [3.63, 3.8) is 0 Å². The van der Waals surface area contributed by atoms with Gasteiger partial charge in [-0.3, -0.25) is 9.98 Å². The fraction of sp³-hybridized carbons (Fsp3) is 0.125. The third-order valence-electron chi connectivity index (χ3n) is 2.67. The minimum atomic E-state index is 0.461. The zero-order valence-electron chi connectivity index (χ0n) is 10.8. The van der Waals surface area contributed by atoms with Crippen LogP contribution in [-0.2, 0) is 6.54 Å². The predicted molar refractivity (Wildman–Crippen MR) is 80.7 cm³/mol. The summed E-state index contributed by atoms with van der Waals surface area (Å²) in [6.07, 6.45) is 0. The van der Waals surface area contributed by atoms with Crippen LogP contribution in [-0.4, -0.2) is 19.2 Å². The molecule has 0 aliphatic carbocycles. The first-order chi connectivity index (χ1) is 9.40. The summed E-state index contributed by atoms with van der Waals surface area (Å²) < 4.78 is 0. The lowest BCUT2D eigenvalue weighted by Crippen LogP contribution is -2.24. The maximum atomic E-state index is 4.62. The highest BCUT2D eigenvalue weighted by atomic mass is 15.1. The highest BCUT2D eigenvalue weighted by molar-refractivity contribution is 5.98. The molecule has 2 rings (SSSR count). The van der Waals surface area contributed by atoms with Gasteiger partial charge in [0, 0.05) is 5.56 Å². The highest BCUT2D eigenvalue weighted by Gasteiger charge is 2.01. The van der Waals surface area contributed by atoms with Gasteiger partial charge in [0.25, 0.3) is 0 Å². The van der Waals surface area contributed by atoms with Gasteiger partial charge in [-0.05, 0) is 12.3 Å². The van der Waals surface area contributed by atoms with Crippen molar-refractivity contribution in [2.24, 2.45) is 9.98 Å².